The van der Waals surface area contributed by atoms with Gasteiger partial charge in [0.05, 0.1) is 28.2 Å². The maximum Gasteiger partial charge on any atom is 0.503 e. The van der Waals surface area contributed by atoms with Crippen LogP contribution in [0.3, 0.4) is 0 Å². The molecule has 7 heteroatoms. The van der Waals surface area contributed by atoms with E-state index < -0.39 is 11.6 Å². The van der Waals surface area contributed by atoms with Crippen LogP contribution < -0.4 is 13.9 Å². The SMILES string of the molecule is CC(C)c1cc(-c2cc(C(C)(C)C)cc(-c3cc(F)cc(F)c3)c2[N+]2=C=[N+](c3cc(Oc4ccc5c6ccccc6n(-c6cc(C(C)(C)C)ccn6)c5c4)cc(C(C)(C)C)c3)c3ccccc32)cc(C(C)C)c1. The number of rotatable bonds is 9. The number of halogens is 2. The first-order valence-corrected chi connectivity index (χ1v) is 25.6. The molecular formula is C66H66F2N4O+2. The van der Waals surface area contributed by atoms with Crippen molar-refractivity contribution in [1.29, 1.82) is 0 Å². The zero-order chi connectivity index (χ0) is 51.9. The van der Waals surface area contributed by atoms with E-state index in [1.165, 1.54) is 28.8 Å². The monoisotopic (exact) mass is 969 g/mol. The molecule has 5 nitrogen and oxygen atoms in total. The summed E-state index contributed by atoms with van der Waals surface area (Å²) in [6.45, 7) is 28.7. The molecule has 0 atom stereocenters. The Hall–Kier alpha value is -7.47. The lowest BCUT2D eigenvalue weighted by Crippen LogP contribution is -2.13. The van der Waals surface area contributed by atoms with E-state index in [1.807, 2.05) is 24.4 Å². The van der Waals surface area contributed by atoms with E-state index in [-0.39, 0.29) is 28.1 Å². The van der Waals surface area contributed by atoms with Crippen LogP contribution in [0.1, 0.15) is 130 Å². The van der Waals surface area contributed by atoms with Crippen molar-refractivity contribution < 1.29 is 13.5 Å². The largest absolute Gasteiger partial charge is 0.503 e. The molecule has 0 spiro atoms. The highest BCUT2D eigenvalue weighted by Gasteiger charge is 2.41. The number of para-hydroxylation sites is 3. The first-order valence-electron chi connectivity index (χ1n) is 25.6. The lowest BCUT2D eigenvalue weighted by Gasteiger charge is -2.23. The third-order valence-electron chi connectivity index (χ3n) is 14.3. The second-order valence-corrected chi connectivity index (χ2v) is 23.5. The number of nitrogens with zero attached hydrogens (tertiary/aromatic N) is 4. The van der Waals surface area contributed by atoms with E-state index in [2.05, 4.69) is 219 Å². The molecule has 7 aromatic carbocycles. The molecule has 368 valence electrons. The van der Waals surface area contributed by atoms with Crippen molar-refractivity contribution in [3.63, 3.8) is 0 Å². The zero-order valence-corrected chi connectivity index (χ0v) is 44.5. The number of pyridine rings is 1. The van der Waals surface area contributed by atoms with Gasteiger partial charge in [0.25, 0.3) is 11.4 Å². The van der Waals surface area contributed by atoms with Gasteiger partial charge < -0.3 is 4.74 Å². The predicted molar refractivity (Wildman–Crippen MR) is 301 cm³/mol. The van der Waals surface area contributed by atoms with Gasteiger partial charge in [-0.3, -0.25) is 4.57 Å². The van der Waals surface area contributed by atoms with Gasteiger partial charge in [0.15, 0.2) is 0 Å². The summed E-state index contributed by atoms with van der Waals surface area (Å²) >= 11 is 0. The van der Waals surface area contributed by atoms with Gasteiger partial charge in [0.1, 0.15) is 29.0 Å². The topological polar surface area (TPSA) is 33.1 Å². The molecule has 9 aromatic rings. The van der Waals surface area contributed by atoms with Crippen LogP contribution in [0.5, 0.6) is 11.5 Å². The van der Waals surface area contributed by atoms with Crippen LogP contribution in [0.4, 0.5) is 31.5 Å². The highest BCUT2D eigenvalue weighted by Crippen LogP contribution is 2.48. The zero-order valence-electron chi connectivity index (χ0n) is 44.5. The lowest BCUT2D eigenvalue weighted by molar-refractivity contribution is 0.479. The Morgan fingerprint density at radius 1 is 0.507 bits per heavy atom. The van der Waals surface area contributed by atoms with E-state index in [9.17, 15) is 0 Å². The highest BCUT2D eigenvalue weighted by molar-refractivity contribution is 6.09. The van der Waals surface area contributed by atoms with E-state index in [4.69, 9.17) is 9.72 Å². The van der Waals surface area contributed by atoms with Crippen molar-refractivity contribution >= 4 is 50.6 Å². The molecule has 3 heterocycles. The van der Waals surface area contributed by atoms with Gasteiger partial charge >= 0.3 is 6.01 Å². The number of aromatic nitrogens is 2. The van der Waals surface area contributed by atoms with E-state index >= 15 is 8.78 Å². The van der Waals surface area contributed by atoms with E-state index in [0.717, 1.165) is 78.7 Å². The summed E-state index contributed by atoms with van der Waals surface area (Å²) in [5, 5.41) is 2.25. The molecule has 1 aliphatic heterocycles. The maximum atomic E-state index is 15.5. The van der Waals surface area contributed by atoms with Crippen molar-refractivity contribution in [2.75, 3.05) is 0 Å². The van der Waals surface area contributed by atoms with Crippen molar-refractivity contribution in [3.8, 4) is 39.6 Å². The van der Waals surface area contributed by atoms with Gasteiger partial charge in [-0.25, -0.2) is 13.8 Å². The average Bonchev–Trinajstić information content (AvgIpc) is 3.88. The van der Waals surface area contributed by atoms with Gasteiger partial charge in [-0.05, 0) is 137 Å². The smallest absolute Gasteiger partial charge is 0.457 e. The number of ether oxygens (including phenoxy) is 1. The van der Waals surface area contributed by atoms with E-state index in [1.54, 1.807) is 0 Å². The van der Waals surface area contributed by atoms with Crippen molar-refractivity contribution in [3.05, 3.63) is 191 Å². The van der Waals surface area contributed by atoms with Gasteiger partial charge in [-0.2, -0.15) is 0 Å². The molecule has 73 heavy (non-hydrogen) atoms. The fourth-order valence-electron chi connectivity index (χ4n) is 9.98. The Balaban J connectivity index is 1.21. The molecular weight excluding hydrogens is 903 g/mol. The van der Waals surface area contributed by atoms with Crippen LogP contribution in [0.2, 0.25) is 0 Å². The van der Waals surface area contributed by atoms with Crippen molar-refractivity contribution in [2.45, 2.75) is 118 Å². The Kier molecular flexibility index (Phi) is 12.3. The normalized spacial score (nSPS) is 13.1. The van der Waals surface area contributed by atoms with Crippen LogP contribution in [0.25, 0.3) is 49.9 Å². The molecule has 1 aliphatic rings. The highest BCUT2D eigenvalue weighted by atomic mass is 19.1. The number of hydrogen-bond donors (Lipinski definition) is 0. The van der Waals surface area contributed by atoms with Crippen LogP contribution in [0, 0.1) is 11.6 Å². The number of fused-ring (bicyclic) bond motifs is 4. The summed E-state index contributed by atoms with van der Waals surface area (Å²) in [7, 11) is 0. The van der Waals surface area contributed by atoms with Gasteiger partial charge in [0.2, 0.25) is 11.4 Å². The van der Waals surface area contributed by atoms with E-state index in [0.29, 0.717) is 22.6 Å². The van der Waals surface area contributed by atoms with Crippen LogP contribution in [-0.4, -0.2) is 15.6 Å². The fourth-order valence-corrected chi connectivity index (χ4v) is 9.98. The van der Waals surface area contributed by atoms with Gasteiger partial charge in [-0.1, -0.05) is 139 Å². The first kappa shape index (κ1) is 49.1. The minimum atomic E-state index is -0.637. The third-order valence-corrected chi connectivity index (χ3v) is 14.3. The summed E-state index contributed by atoms with van der Waals surface area (Å²) in [6.07, 6.45) is 1.90. The summed E-state index contributed by atoms with van der Waals surface area (Å²) in [5.41, 5.74) is 13.8. The van der Waals surface area contributed by atoms with Gasteiger partial charge in [0, 0.05) is 47.3 Å². The minimum Gasteiger partial charge on any atom is -0.457 e. The van der Waals surface area contributed by atoms with Crippen LogP contribution >= 0.6 is 0 Å². The quantitative estimate of drug-likeness (QED) is 0.135. The molecule has 0 radical (unpaired) electrons. The van der Waals surface area contributed by atoms with Crippen molar-refractivity contribution in [1.82, 2.24) is 18.7 Å². The molecule has 0 unspecified atom stereocenters. The molecule has 0 saturated heterocycles. The molecule has 0 saturated carbocycles. The predicted octanol–water partition coefficient (Wildman–Crippen LogP) is 18.6. The van der Waals surface area contributed by atoms with Crippen LogP contribution in [-0.2, 0) is 16.2 Å². The molecule has 0 bridgehead atoms. The number of benzene rings is 7. The number of hydrogen-bond acceptors (Lipinski definition) is 2. The van der Waals surface area contributed by atoms with Crippen LogP contribution in [0.15, 0.2) is 152 Å². The summed E-state index contributed by atoms with van der Waals surface area (Å²) in [4.78, 5) is 4.91. The molecule has 10 rings (SSSR count). The second kappa shape index (κ2) is 18.2. The summed E-state index contributed by atoms with van der Waals surface area (Å²) in [6, 6.07) is 52.6. The molecule has 0 fully saturated rings. The summed E-state index contributed by atoms with van der Waals surface area (Å²) in [5.74, 6) is 1.48. The van der Waals surface area contributed by atoms with Crippen molar-refractivity contribution in [2.24, 2.45) is 0 Å². The minimum absolute atomic E-state index is 0.0542. The Bertz CT molecular complexity index is 3690. The molecule has 0 aliphatic carbocycles. The second-order valence-electron chi connectivity index (χ2n) is 23.5. The Labute approximate surface area is 429 Å². The summed E-state index contributed by atoms with van der Waals surface area (Å²) < 4.78 is 44.4. The van der Waals surface area contributed by atoms with Gasteiger partial charge in [-0.15, -0.1) is 0 Å². The average molecular weight is 969 g/mol. The third kappa shape index (κ3) is 9.44. The molecule has 0 N–H and O–H groups in total. The molecule has 2 aromatic heterocycles. The fraction of sp³-hybridized carbons (Fsp3) is 0.273. The molecule has 0 amide bonds. The Morgan fingerprint density at radius 3 is 1.68 bits per heavy atom. The lowest BCUT2D eigenvalue weighted by atomic mass is 9.81. The Morgan fingerprint density at radius 2 is 1.07 bits per heavy atom. The first-order chi connectivity index (χ1) is 34.5. The maximum absolute atomic E-state index is 15.5. The standard InChI is InChI=1S/C66H66F2N4O/c1-40(2)42-26-43(41(3)4)28-44(27-42)56-33-48(66(11,12)13)34-57(45-29-49(67)36-50(68)30-45)63(56)71-39-70(59-20-16-17-21-60(59)71)51-31-47(65(8,9)10)32-53(37-51)73-52-22-23-55-54-18-14-15-19-58(54)72(61(55)38-52)62-35-46(24-25-69-62)64(5,6)7/h14-38,40-41H,1-13H3/q+2.